The fourth-order valence-corrected chi connectivity index (χ4v) is 3.07. The van der Waals surface area contributed by atoms with Gasteiger partial charge in [-0.25, -0.2) is 4.39 Å². The molecular formula is C13H19FN2S. The number of nitrogens with one attached hydrogen (secondary N) is 1. The second-order valence-electron chi connectivity index (χ2n) is 4.66. The van der Waals surface area contributed by atoms with E-state index >= 15 is 0 Å². The van der Waals surface area contributed by atoms with Crippen LogP contribution < -0.4 is 11.3 Å². The third-order valence-corrected chi connectivity index (χ3v) is 4.48. The monoisotopic (exact) mass is 254 g/mol. The average Bonchev–Trinajstić information content (AvgIpc) is 2.27. The molecule has 0 amide bonds. The molecule has 1 unspecified atom stereocenters. The van der Waals surface area contributed by atoms with Crippen molar-refractivity contribution in [2.45, 2.75) is 36.6 Å². The van der Waals surface area contributed by atoms with Crippen LogP contribution in [0.4, 0.5) is 4.39 Å². The zero-order chi connectivity index (χ0) is 12.1. The minimum absolute atomic E-state index is 0.175. The van der Waals surface area contributed by atoms with Crippen LogP contribution in [-0.4, -0.2) is 11.8 Å². The predicted molar refractivity (Wildman–Crippen MR) is 70.2 cm³/mol. The maximum Gasteiger partial charge on any atom is 0.124 e. The summed E-state index contributed by atoms with van der Waals surface area (Å²) in [5.74, 6) is 7.12. The van der Waals surface area contributed by atoms with Crippen LogP contribution in [0.15, 0.2) is 29.2 Å². The van der Waals surface area contributed by atoms with E-state index in [4.69, 9.17) is 5.84 Å². The van der Waals surface area contributed by atoms with Gasteiger partial charge in [0.25, 0.3) is 0 Å². The summed E-state index contributed by atoms with van der Waals surface area (Å²) in [4.78, 5) is 0.971. The maximum atomic E-state index is 13.0. The molecule has 17 heavy (non-hydrogen) atoms. The predicted octanol–water partition coefficient (Wildman–Crippen LogP) is 2.94. The lowest BCUT2D eigenvalue weighted by Crippen LogP contribution is -2.39. The average molecular weight is 254 g/mol. The number of thioether (sulfide) groups is 1. The van der Waals surface area contributed by atoms with Crippen LogP contribution in [0.1, 0.15) is 25.7 Å². The lowest BCUT2D eigenvalue weighted by molar-refractivity contribution is 0.268. The molecule has 1 aromatic carbocycles. The van der Waals surface area contributed by atoms with Crippen LogP contribution in [-0.2, 0) is 0 Å². The van der Waals surface area contributed by atoms with Crippen molar-refractivity contribution in [2.24, 2.45) is 11.8 Å². The molecule has 0 bridgehead atoms. The summed E-state index contributed by atoms with van der Waals surface area (Å²) in [6.45, 7) is 0. The van der Waals surface area contributed by atoms with E-state index in [1.807, 2.05) is 6.07 Å². The molecule has 4 heteroatoms. The largest absolute Gasteiger partial charge is 0.271 e. The number of benzene rings is 1. The summed E-state index contributed by atoms with van der Waals surface area (Å²) < 4.78 is 13.0. The van der Waals surface area contributed by atoms with Gasteiger partial charge in [-0.2, -0.15) is 0 Å². The normalized spacial score (nSPS) is 17.8. The smallest absolute Gasteiger partial charge is 0.124 e. The van der Waals surface area contributed by atoms with Crippen molar-refractivity contribution >= 4 is 11.8 Å². The van der Waals surface area contributed by atoms with E-state index in [9.17, 15) is 4.39 Å². The van der Waals surface area contributed by atoms with Gasteiger partial charge in [0, 0.05) is 16.7 Å². The summed E-state index contributed by atoms with van der Waals surface area (Å²) in [7, 11) is 0. The molecule has 1 aliphatic carbocycles. The molecule has 0 heterocycles. The Morgan fingerprint density at radius 3 is 2.88 bits per heavy atom. The Kier molecular flexibility index (Phi) is 4.83. The van der Waals surface area contributed by atoms with Crippen LogP contribution in [0.5, 0.6) is 0 Å². The van der Waals surface area contributed by atoms with Gasteiger partial charge in [0.1, 0.15) is 5.82 Å². The van der Waals surface area contributed by atoms with Crippen molar-refractivity contribution in [1.29, 1.82) is 0 Å². The SMILES string of the molecule is NNC(CSc1cccc(F)c1)CC1CCC1. The van der Waals surface area contributed by atoms with E-state index in [0.717, 1.165) is 23.0 Å². The quantitative estimate of drug-likeness (QED) is 0.466. The zero-order valence-corrected chi connectivity index (χ0v) is 10.7. The highest BCUT2D eigenvalue weighted by molar-refractivity contribution is 7.99. The van der Waals surface area contributed by atoms with Crippen molar-refractivity contribution in [3.63, 3.8) is 0 Å². The van der Waals surface area contributed by atoms with Crippen molar-refractivity contribution in [3.05, 3.63) is 30.1 Å². The van der Waals surface area contributed by atoms with Crippen LogP contribution >= 0.6 is 11.8 Å². The molecule has 2 rings (SSSR count). The molecule has 1 aliphatic rings. The van der Waals surface area contributed by atoms with E-state index in [2.05, 4.69) is 5.43 Å². The van der Waals surface area contributed by atoms with Gasteiger partial charge >= 0.3 is 0 Å². The van der Waals surface area contributed by atoms with E-state index in [1.54, 1.807) is 23.9 Å². The Balaban J connectivity index is 1.78. The number of hydrazine groups is 1. The molecule has 0 spiro atoms. The standard InChI is InChI=1S/C13H19FN2S/c14-11-5-2-6-13(8-11)17-9-12(16-15)7-10-3-1-4-10/h2,5-6,8,10,12,16H,1,3-4,7,9,15H2. The van der Waals surface area contributed by atoms with Gasteiger partial charge in [0.05, 0.1) is 0 Å². The number of hydrogen-bond donors (Lipinski definition) is 2. The third kappa shape index (κ3) is 3.98. The number of rotatable bonds is 6. The molecule has 0 radical (unpaired) electrons. The second-order valence-corrected chi connectivity index (χ2v) is 5.76. The molecule has 1 saturated carbocycles. The molecule has 94 valence electrons. The van der Waals surface area contributed by atoms with Crippen molar-refractivity contribution in [1.82, 2.24) is 5.43 Å². The van der Waals surface area contributed by atoms with E-state index in [0.29, 0.717) is 6.04 Å². The first-order chi connectivity index (χ1) is 8.28. The summed E-state index contributed by atoms with van der Waals surface area (Å²) >= 11 is 1.66. The van der Waals surface area contributed by atoms with Gasteiger partial charge in [0.2, 0.25) is 0 Å². The Morgan fingerprint density at radius 2 is 2.29 bits per heavy atom. The highest BCUT2D eigenvalue weighted by Gasteiger charge is 2.21. The zero-order valence-electron chi connectivity index (χ0n) is 9.86. The Labute approximate surface area is 106 Å². The maximum absolute atomic E-state index is 13.0. The van der Waals surface area contributed by atoms with E-state index < -0.39 is 0 Å². The number of hydrogen-bond acceptors (Lipinski definition) is 3. The second kappa shape index (κ2) is 6.38. The van der Waals surface area contributed by atoms with Crippen molar-refractivity contribution in [2.75, 3.05) is 5.75 Å². The molecular weight excluding hydrogens is 235 g/mol. The molecule has 1 atom stereocenters. The summed E-state index contributed by atoms with van der Waals surface area (Å²) in [6.07, 6.45) is 5.17. The highest BCUT2D eigenvalue weighted by Crippen LogP contribution is 2.31. The highest BCUT2D eigenvalue weighted by atomic mass is 32.2. The topological polar surface area (TPSA) is 38.0 Å². The van der Waals surface area contributed by atoms with E-state index in [-0.39, 0.29) is 5.82 Å². The van der Waals surface area contributed by atoms with E-state index in [1.165, 1.54) is 25.3 Å². The van der Waals surface area contributed by atoms with Crippen LogP contribution in [0, 0.1) is 11.7 Å². The Bertz CT molecular complexity index is 355. The molecule has 0 aromatic heterocycles. The molecule has 1 aromatic rings. The fourth-order valence-electron chi connectivity index (χ4n) is 2.07. The van der Waals surface area contributed by atoms with Crippen LogP contribution in [0.25, 0.3) is 0 Å². The molecule has 0 aliphatic heterocycles. The molecule has 0 saturated heterocycles. The third-order valence-electron chi connectivity index (χ3n) is 3.33. The summed E-state index contributed by atoms with van der Waals surface area (Å²) in [5, 5.41) is 0. The van der Waals surface area contributed by atoms with Gasteiger partial charge < -0.3 is 0 Å². The number of nitrogens with two attached hydrogens (primary N) is 1. The van der Waals surface area contributed by atoms with Crippen molar-refractivity contribution < 1.29 is 4.39 Å². The van der Waals surface area contributed by atoms with Gasteiger partial charge in [-0.15, -0.1) is 11.8 Å². The number of halogens is 1. The summed E-state index contributed by atoms with van der Waals surface area (Å²) in [6, 6.07) is 7.05. The van der Waals surface area contributed by atoms with Gasteiger partial charge in [-0.1, -0.05) is 25.3 Å². The lowest BCUT2D eigenvalue weighted by atomic mass is 9.81. The summed E-state index contributed by atoms with van der Waals surface area (Å²) in [5.41, 5.74) is 2.87. The first kappa shape index (κ1) is 12.9. The first-order valence-corrected chi connectivity index (χ1v) is 7.11. The minimum atomic E-state index is -0.175. The molecule has 3 N–H and O–H groups in total. The molecule has 1 fully saturated rings. The first-order valence-electron chi connectivity index (χ1n) is 6.12. The van der Waals surface area contributed by atoms with Gasteiger partial charge in [-0.3, -0.25) is 11.3 Å². The van der Waals surface area contributed by atoms with Crippen LogP contribution in [0.3, 0.4) is 0 Å². The minimum Gasteiger partial charge on any atom is -0.271 e. The lowest BCUT2D eigenvalue weighted by Gasteiger charge is -2.29. The van der Waals surface area contributed by atoms with Crippen LogP contribution in [0.2, 0.25) is 0 Å². The Morgan fingerprint density at radius 1 is 1.47 bits per heavy atom. The van der Waals surface area contributed by atoms with Gasteiger partial charge in [-0.05, 0) is 30.5 Å². The van der Waals surface area contributed by atoms with Gasteiger partial charge in [0.15, 0.2) is 0 Å². The Hall–Kier alpha value is -0.580. The van der Waals surface area contributed by atoms with Crippen molar-refractivity contribution in [3.8, 4) is 0 Å². The fraction of sp³-hybridized carbons (Fsp3) is 0.538. The molecule has 2 nitrogen and oxygen atoms in total.